The number of fused-ring (bicyclic) bond motifs is 1. The van der Waals surface area contributed by atoms with E-state index < -0.39 is 10.1 Å². The van der Waals surface area contributed by atoms with Crippen molar-refractivity contribution in [3.8, 4) is 0 Å². The molecule has 0 aromatic heterocycles. The molecule has 0 saturated carbocycles. The Labute approximate surface area is 131 Å². The van der Waals surface area contributed by atoms with E-state index in [1.54, 1.807) is 18.2 Å². The molecule has 0 radical (unpaired) electrons. The van der Waals surface area contributed by atoms with Gasteiger partial charge in [0.15, 0.2) is 0 Å². The maximum atomic E-state index is 11.2. The van der Waals surface area contributed by atoms with Crippen molar-refractivity contribution in [2.45, 2.75) is 18.2 Å². The van der Waals surface area contributed by atoms with Crippen LogP contribution >= 0.6 is 0 Å². The molecule has 0 aliphatic heterocycles. The Balaban J connectivity index is 0.00000144. The maximum absolute atomic E-state index is 11.2. The predicted molar refractivity (Wildman–Crippen MR) is 71.7 cm³/mol. The fraction of sp³-hybridized carbons (Fsp3) is 0.167. The molecule has 0 heterocycles. The molecule has 0 saturated heterocycles. The van der Waals surface area contributed by atoms with Crippen molar-refractivity contribution in [2.24, 2.45) is 0 Å². The van der Waals surface area contributed by atoms with Crippen molar-refractivity contribution in [1.29, 1.82) is 0 Å². The van der Waals surface area contributed by atoms with Gasteiger partial charge in [-0.05, 0) is 23.4 Å². The molecule has 3 nitrogen and oxygen atoms in total. The molecule has 0 unspecified atom stereocenters. The van der Waals surface area contributed by atoms with Crippen molar-refractivity contribution < 1.29 is 13.0 Å². The zero-order valence-corrected chi connectivity index (χ0v) is 9.66. The van der Waals surface area contributed by atoms with Gasteiger partial charge in [0.1, 0.15) is 4.90 Å². The Morgan fingerprint density at radius 2 is 1.65 bits per heavy atom. The predicted octanol–water partition coefficient (Wildman–Crippen LogP) is 1.73. The minimum absolute atomic E-state index is 0. The summed E-state index contributed by atoms with van der Waals surface area (Å²) < 4.78 is 31.5. The van der Waals surface area contributed by atoms with E-state index in [-0.39, 0.29) is 42.6 Å². The minimum atomic E-state index is -4.15. The van der Waals surface area contributed by atoms with Crippen LogP contribution in [-0.2, 0) is 16.5 Å². The number of hydrogen-bond donors (Lipinski definition) is 1. The molecule has 2 aromatic carbocycles. The third-order valence-electron chi connectivity index (χ3n) is 2.63. The van der Waals surface area contributed by atoms with Crippen LogP contribution in [0.4, 0.5) is 0 Å². The fourth-order valence-electron chi connectivity index (χ4n) is 1.87. The molecule has 0 amide bonds. The monoisotopic (exact) mass is 278 g/mol. The third kappa shape index (κ3) is 3.01. The molecule has 88 valence electrons. The van der Waals surface area contributed by atoms with Gasteiger partial charge in [-0.15, -0.1) is 0 Å². The van der Waals surface area contributed by atoms with Crippen LogP contribution in [0.15, 0.2) is 41.3 Å². The van der Waals surface area contributed by atoms with E-state index in [1.165, 1.54) is 6.07 Å². The second-order valence-corrected chi connectivity index (χ2v) is 4.99. The van der Waals surface area contributed by atoms with E-state index in [9.17, 15) is 8.42 Å². The van der Waals surface area contributed by atoms with Gasteiger partial charge in [0.2, 0.25) is 0 Å². The Morgan fingerprint density at radius 3 is 2.18 bits per heavy atom. The zero-order chi connectivity index (χ0) is 11.8. The van der Waals surface area contributed by atoms with Crippen molar-refractivity contribution in [1.82, 2.24) is 0 Å². The molecule has 2 rings (SSSR count). The Hall–Kier alpha value is -0.130. The summed E-state index contributed by atoms with van der Waals surface area (Å²) >= 11 is 0. The Morgan fingerprint density at radius 1 is 1.06 bits per heavy atom. The van der Waals surface area contributed by atoms with Crippen molar-refractivity contribution >= 4 is 58.6 Å². The van der Waals surface area contributed by atoms with Crippen molar-refractivity contribution in [2.75, 3.05) is 0 Å². The third-order valence-corrected chi connectivity index (χ3v) is 3.54. The van der Waals surface area contributed by atoms with Crippen LogP contribution in [0.2, 0.25) is 0 Å². The summed E-state index contributed by atoms with van der Waals surface area (Å²) in [6.45, 7) is 2.01. The number of rotatable bonds is 2. The molecule has 0 aliphatic rings. The SMILES string of the molecule is CCc1ccc(S(=O)(=O)O)c2ccccc12.[CaH2]. The second-order valence-electron chi connectivity index (χ2n) is 3.60. The molecule has 0 bridgehead atoms. The van der Waals surface area contributed by atoms with E-state index in [1.807, 2.05) is 19.1 Å². The van der Waals surface area contributed by atoms with Gasteiger partial charge in [-0.3, -0.25) is 4.55 Å². The van der Waals surface area contributed by atoms with Gasteiger partial charge in [-0.1, -0.05) is 37.3 Å². The molecule has 17 heavy (non-hydrogen) atoms. The molecule has 0 fully saturated rings. The van der Waals surface area contributed by atoms with Crippen LogP contribution in [0.3, 0.4) is 0 Å². The Bertz CT molecular complexity index is 635. The normalized spacial score (nSPS) is 11.2. The standard InChI is InChI=1S/C12H12O3S.Ca.2H/c1-2-9-7-8-12(16(13,14)15)11-6-4-3-5-10(9)11;;;/h3-8H,2H2,1H3,(H,13,14,15);;;. The average Bonchev–Trinajstić information content (AvgIpc) is 2.26. The van der Waals surface area contributed by atoms with Crippen molar-refractivity contribution in [3.63, 3.8) is 0 Å². The summed E-state index contributed by atoms with van der Waals surface area (Å²) in [7, 11) is -4.15. The van der Waals surface area contributed by atoms with Gasteiger partial charge in [0.05, 0.1) is 0 Å². The van der Waals surface area contributed by atoms with Crippen LogP contribution in [-0.4, -0.2) is 50.7 Å². The second kappa shape index (κ2) is 5.67. The van der Waals surface area contributed by atoms with Crippen LogP contribution in [0.1, 0.15) is 12.5 Å². The van der Waals surface area contributed by atoms with Gasteiger partial charge in [-0.25, -0.2) is 0 Å². The van der Waals surface area contributed by atoms with Gasteiger partial charge in [0, 0.05) is 5.39 Å². The average molecular weight is 278 g/mol. The number of benzene rings is 2. The molecule has 1 N–H and O–H groups in total. The van der Waals surface area contributed by atoms with E-state index in [0.29, 0.717) is 5.39 Å². The molecule has 2 aromatic rings. The van der Waals surface area contributed by atoms with E-state index in [4.69, 9.17) is 4.55 Å². The molecule has 0 spiro atoms. The molecule has 0 atom stereocenters. The van der Waals surface area contributed by atoms with E-state index >= 15 is 0 Å². The first-order valence-electron chi connectivity index (χ1n) is 5.02. The first kappa shape index (κ1) is 14.9. The zero-order valence-electron chi connectivity index (χ0n) is 8.84. The first-order valence-corrected chi connectivity index (χ1v) is 6.46. The molecular weight excluding hydrogens is 264 g/mol. The van der Waals surface area contributed by atoms with Crippen LogP contribution in [0.5, 0.6) is 0 Å². The van der Waals surface area contributed by atoms with Crippen LogP contribution in [0.25, 0.3) is 10.8 Å². The van der Waals surface area contributed by atoms with Crippen LogP contribution < -0.4 is 0 Å². The number of hydrogen-bond acceptors (Lipinski definition) is 2. The topological polar surface area (TPSA) is 54.4 Å². The summed E-state index contributed by atoms with van der Waals surface area (Å²) in [5.74, 6) is 0. The van der Waals surface area contributed by atoms with Gasteiger partial charge < -0.3 is 0 Å². The van der Waals surface area contributed by atoms with Gasteiger partial charge >= 0.3 is 37.7 Å². The Kier molecular flexibility index (Phi) is 4.98. The quantitative estimate of drug-likeness (QED) is 0.672. The summed E-state index contributed by atoms with van der Waals surface area (Å²) in [6.07, 6.45) is 0.826. The first-order chi connectivity index (χ1) is 7.54. The fourth-order valence-corrected chi connectivity index (χ4v) is 2.56. The molecule has 0 aliphatic carbocycles. The van der Waals surface area contributed by atoms with Gasteiger partial charge in [-0.2, -0.15) is 8.42 Å². The molecular formula is C12H14CaO3S. The van der Waals surface area contributed by atoms with E-state index in [2.05, 4.69) is 0 Å². The van der Waals surface area contributed by atoms with Crippen molar-refractivity contribution in [3.05, 3.63) is 42.0 Å². The van der Waals surface area contributed by atoms with E-state index in [0.717, 1.165) is 17.4 Å². The summed E-state index contributed by atoms with van der Waals surface area (Å²) in [5, 5.41) is 1.45. The van der Waals surface area contributed by atoms with Gasteiger partial charge in [0.25, 0.3) is 10.1 Å². The molecule has 5 heteroatoms. The summed E-state index contributed by atoms with van der Waals surface area (Å²) in [6, 6.07) is 10.4. The summed E-state index contributed by atoms with van der Waals surface area (Å²) in [5.41, 5.74) is 1.07. The summed E-state index contributed by atoms with van der Waals surface area (Å²) in [4.78, 5) is -0.0275. The number of aryl methyl sites for hydroxylation is 1. The van der Waals surface area contributed by atoms with Crippen LogP contribution in [0, 0.1) is 0 Å².